The lowest BCUT2D eigenvalue weighted by Gasteiger charge is -2.06. The van der Waals surface area contributed by atoms with Gasteiger partial charge in [0.1, 0.15) is 5.82 Å². The Morgan fingerprint density at radius 3 is 2.81 bits per heavy atom. The molecule has 106 valence electrons. The van der Waals surface area contributed by atoms with E-state index in [4.69, 9.17) is 5.11 Å². The van der Waals surface area contributed by atoms with Crippen molar-refractivity contribution < 1.29 is 9.90 Å². The molecule has 0 atom stereocenters. The first kappa shape index (κ1) is 14.8. The van der Waals surface area contributed by atoms with Gasteiger partial charge in [0.25, 0.3) is 5.91 Å². The number of anilines is 1. The Kier molecular flexibility index (Phi) is 5.08. The Morgan fingerprint density at radius 2 is 2.05 bits per heavy atom. The number of hydrogen-bond donors (Lipinski definition) is 2. The maximum Gasteiger partial charge on any atom is 0.258 e. The van der Waals surface area contributed by atoms with Gasteiger partial charge in [0.05, 0.1) is 12.2 Å². The summed E-state index contributed by atoms with van der Waals surface area (Å²) in [6.45, 7) is 1.87. The van der Waals surface area contributed by atoms with Crippen LogP contribution in [0.1, 0.15) is 28.0 Å². The fourth-order valence-corrected chi connectivity index (χ4v) is 1.80. The van der Waals surface area contributed by atoms with E-state index in [-0.39, 0.29) is 12.5 Å². The largest absolute Gasteiger partial charge is 0.395 e. The number of carbonyl (C=O) groups excluding carboxylic acids is 1. The van der Waals surface area contributed by atoms with Crippen LogP contribution in [0.3, 0.4) is 0 Å². The molecule has 1 amide bonds. The second-order valence-electron chi connectivity index (χ2n) is 4.44. The Bertz CT molecular complexity index is 699. The number of aromatic nitrogens is 1. The number of carbonyl (C=O) groups is 1. The lowest BCUT2D eigenvalue weighted by atomic mass is 10.1. The van der Waals surface area contributed by atoms with E-state index in [2.05, 4.69) is 22.1 Å². The maximum absolute atomic E-state index is 12.3. The summed E-state index contributed by atoms with van der Waals surface area (Å²) in [6, 6.07) is 12.6. The lowest BCUT2D eigenvalue weighted by molar-refractivity contribution is 0.102. The van der Waals surface area contributed by atoms with Crippen molar-refractivity contribution in [2.75, 3.05) is 11.9 Å². The van der Waals surface area contributed by atoms with E-state index in [1.54, 1.807) is 24.3 Å². The molecule has 0 unspecified atom stereocenters. The third kappa shape index (κ3) is 4.16. The van der Waals surface area contributed by atoms with Gasteiger partial charge < -0.3 is 10.4 Å². The van der Waals surface area contributed by atoms with Crippen LogP contribution in [-0.4, -0.2) is 22.6 Å². The molecule has 1 aromatic heterocycles. The summed E-state index contributed by atoms with van der Waals surface area (Å²) >= 11 is 0. The van der Waals surface area contributed by atoms with Gasteiger partial charge in [-0.1, -0.05) is 30.0 Å². The molecule has 2 aromatic rings. The molecule has 0 aliphatic carbocycles. The Labute approximate surface area is 123 Å². The number of pyridine rings is 1. The van der Waals surface area contributed by atoms with Gasteiger partial charge >= 0.3 is 0 Å². The zero-order valence-electron chi connectivity index (χ0n) is 11.8. The van der Waals surface area contributed by atoms with Crippen molar-refractivity contribution in [2.45, 2.75) is 13.3 Å². The van der Waals surface area contributed by atoms with Crippen molar-refractivity contribution in [1.82, 2.24) is 4.98 Å². The van der Waals surface area contributed by atoms with Crippen LogP contribution in [-0.2, 0) is 0 Å². The zero-order chi connectivity index (χ0) is 15.1. The van der Waals surface area contributed by atoms with Gasteiger partial charge in [0.2, 0.25) is 0 Å². The maximum atomic E-state index is 12.3. The van der Waals surface area contributed by atoms with E-state index >= 15 is 0 Å². The van der Waals surface area contributed by atoms with E-state index in [0.717, 1.165) is 5.69 Å². The Morgan fingerprint density at radius 1 is 1.24 bits per heavy atom. The van der Waals surface area contributed by atoms with E-state index < -0.39 is 0 Å². The van der Waals surface area contributed by atoms with Crippen molar-refractivity contribution >= 4 is 11.7 Å². The number of aryl methyl sites for hydroxylation is 1. The first-order chi connectivity index (χ1) is 10.2. The molecule has 2 rings (SSSR count). The molecular formula is C17H16N2O2. The number of nitrogens with one attached hydrogen (secondary N) is 1. The molecule has 0 fully saturated rings. The number of benzene rings is 1. The van der Waals surface area contributed by atoms with Gasteiger partial charge in [0, 0.05) is 17.7 Å². The molecular weight excluding hydrogens is 264 g/mol. The quantitative estimate of drug-likeness (QED) is 0.849. The third-order valence-corrected chi connectivity index (χ3v) is 2.76. The third-order valence-electron chi connectivity index (χ3n) is 2.76. The van der Waals surface area contributed by atoms with Crippen LogP contribution in [0.4, 0.5) is 5.82 Å². The monoisotopic (exact) mass is 280 g/mol. The summed E-state index contributed by atoms with van der Waals surface area (Å²) < 4.78 is 0. The highest BCUT2D eigenvalue weighted by Gasteiger charge is 2.10. The van der Waals surface area contributed by atoms with Crippen LogP contribution in [0.25, 0.3) is 0 Å². The van der Waals surface area contributed by atoms with Crippen LogP contribution in [0.15, 0.2) is 42.5 Å². The number of rotatable bonds is 3. The van der Waals surface area contributed by atoms with Crippen molar-refractivity contribution in [2.24, 2.45) is 0 Å². The molecule has 1 heterocycles. The minimum absolute atomic E-state index is 0.00851. The van der Waals surface area contributed by atoms with Gasteiger partial charge in [0.15, 0.2) is 0 Å². The predicted molar refractivity (Wildman–Crippen MR) is 82.0 cm³/mol. The van der Waals surface area contributed by atoms with E-state index in [1.165, 1.54) is 0 Å². The molecule has 0 saturated carbocycles. The minimum atomic E-state index is -0.248. The van der Waals surface area contributed by atoms with Crippen molar-refractivity contribution in [3.05, 3.63) is 59.3 Å². The second kappa shape index (κ2) is 7.22. The second-order valence-corrected chi connectivity index (χ2v) is 4.44. The van der Waals surface area contributed by atoms with Gasteiger partial charge in [-0.15, -0.1) is 0 Å². The molecule has 0 aliphatic heterocycles. The molecule has 1 aromatic carbocycles. The van der Waals surface area contributed by atoms with Crippen LogP contribution in [0, 0.1) is 18.8 Å². The van der Waals surface area contributed by atoms with Gasteiger partial charge in [-0.3, -0.25) is 4.79 Å². The van der Waals surface area contributed by atoms with Crippen LogP contribution in [0.2, 0.25) is 0 Å². The van der Waals surface area contributed by atoms with Crippen LogP contribution < -0.4 is 5.32 Å². The highest BCUT2D eigenvalue weighted by Crippen LogP contribution is 2.11. The average molecular weight is 280 g/mol. The molecule has 2 N–H and O–H groups in total. The molecule has 0 saturated heterocycles. The van der Waals surface area contributed by atoms with Gasteiger partial charge in [-0.05, 0) is 31.2 Å². The first-order valence-electron chi connectivity index (χ1n) is 6.64. The van der Waals surface area contributed by atoms with Crippen molar-refractivity contribution in [3.63, 3.8) is 0 Å². The van der Waals surface area contributed by atoms with Crippen LogP contribution >= 0.6 is 0 Å². The molecule has 0 bridgehead atoms. The molecule has 4 nitrogen and oxygen atoms in total. The summed E-state index contributed by atoms with van der Waals surface area (Å²) in [5, 5.41) is 11.5. The minimum Gasteiger partial charge on any atom is -0.395 e. The zero-order valence-corrected chi connectivity index (χ0v) is 11.8. The van der Waals surface area contributed by atoms with Crippen molar-refractivity contribution in [3.8, 4) is 11.8 Å². The lowest BCUT2D eigenvalue weighted by Crippen LogP contribution is -2.14. The summed E-state index contributed by atoms with van der Waals surface area (Å²) in [7, 11) is 0. The van der Waals surface area contributed by atoms with Gasteiger partial charge in [-0.2, -0.15) is 0 Å². The smallest absolute Gasteiger partial charge is 0.258 e. The van der Waals surface area contributed by atoms with Crippen molar-refractivity contribution in [1.29, 1.82) is 0 Å². The van der Waals surface area contributed by atoms with E-state index in [9.17, 15) is 4.79 Å². The summed E-state index contributed by atoms with van der Waals surface area (Å²) in [5.74, 6) is 5.99. The average Bonchev–Trinajstić information content (AvgIpc) is 2.48. The number of hydrogen-bond acceptors (Lipinski definition) is 3. The molecule has 21 heavy (non-hydrogen) atoms. The highest BCUT2D eigenvalue weighted by atomic mass is 16.2. The summed E-state index contributed by atoms with van der Waals surface area (Å²) in [6.07, 6.45) is 0.384. The fourth-order valence-electron chi connectivity index (χ4n) is 1.80. The SMILES string of the molecule is Cc1cccc(NC(=O)c2ccccc2C#CCCO)n1. The Balaban J connectivity index is 2.22. The first-order valence-corrected chi connectivity index (χ1v) is 6.64. The number of nitrogens with zero attached hydrogens (tertiary/aromatic N) is 1. The van der Waals surface area contributed by atoms with E-state index in [0.29, 0.717) is 23.4 Å². The normalized spacial score (nSPS) is 9.62. The molecule has 4 heteroatoms. The number of aliphatic hydroxyl groups excluding tert-OH is 1. The highest BCUT2D eigenvalue weighted by molar-refractivity contribution is 6.05. The molecule has 0 spiro atoms. The van der Waals surface area contributed by atoms with Crippen LogP contribution in [0.5, 0.6) is 0 Å². The number of amides is 1. The Hall–Kier alpha value is -2.64. The summed E-state index contributed by atoms with van der Waals surface area (Å²) in [5.41, 5.74) is 1.96. The topological polar surface area (TPSA) is 62.2 Å². The predicted octanol–water partition coefficient (Wildman–Crippen LogP) is 2.38. The fraction of sp³-hybridized carbons (Fsp3) is 0.176. The number of aliphatic hydroxyl groups is 1. The molecule has 0 radical (unpaired) electrons. The van der Waals surface area contributed by atoms with Gasteiger partial charge in [-0.25, -0.2) is 4.98 Å². The van der Waals surface area contributed by atoms with E-state index in [1.807, 2.05) is 25.1 Å². The summed E-state index contributed by atoms with van der Waals surface area (Å²) in [4.78, 5) is 16.6. The molecule has 0 aliphatic rings. The standard InChI is InChI=1S/C17H16N2O2/c1-13-7-6-11-16(18-13)19-17(21)15-10-3-2-8-14(15)9-4-5-12-20/h2-3,6-8,10-11,20H,5,12H2,1H3,(H,18,19,21).